The summed E-state index contributed by atoms with van der Waals surface area (Å²) in [4.78, 5) is 27.8. The molecule has 1 N–H and O–H groups in total. The van der Waals surface area contributed by atoms with Crippen LogP contribution >= 0.6 is 0 Å². The molecular formula is C21H24N2O3. The summed E-state index contributed by atoms with van der Waals surface area (Å²) in [5.74, 6) is 0.477. The third kappa shape index (κ3) is 4.42. The van der Waals surface area contributed by atoms with E-state index < -0.39 is 0 Å². The van der Waals surface area contributed by atoms with Gasteiger partial charge in [-0.25, -0.2) is 0 Å². The van der Waals surface area contributed by atoms with Crippen LogP contribution in [-0.4, -0.2) is 47.9 Å². The van der Waals surface area contributed by atoms with Gasteiger partial charge in [-0.15, -0.1) is 0 Å². The molecule has 2 aromatic rings. The zero-order chi connectivity index (χ0) is 18.5. The number of amides is 1. The van der Waals surface area contributed by atoms with Gasteiger partial charge in [0.15, 0.2) is 5.78 Å². The molecule has 2 aromatic carbocycles. The number of phenols is 1. The van der Waals surface area contributed by atoms with E-state index in [-0.39, 0.29) is 17.4 Å². The lowest BCUT2D eigenvalue weighted by Gasteiger charge is -2.36. The quantitative estimate of drug-likeness (QED) is 0.841. The van der Waals surface area contributed by atoms with Gasteiger partial charge in [0, 0.05) is 49.9 Å². The molecular weight excluding hydrogens is 328 g/mol. The van der Waals surface area contributed by atoms with Crippen molar-refractivity contribution in [1.82, 2.24) is 4.90 Å². The van der Waals surface area contributed by atoms with E-state index in [0.29, 0.717) is 31.5 Å². The molecule has 5 heteroatoms. The van der Waals surface area contributed by atoms with Crippen molar-refractivity contribution in [3.8, 4) is 5.75 Å². The molecule has 0 spiro atoms. The van der Waals surface area contributed by atoms with Crippen LogP contribution in [0.15, 0.2) is 48.5 Å². The van der Waals surface area contributed by atoms with Crippen molar-refractivity contribution in [3.63, 3.8) is 0 Å². The molecule has 1 heterocycles. The molecule has 1 saturated heterocycles. The van der Waals surface area contributed by atoms with Crippen LogP contribution < -0.4 is 4.90 Å². The molecule has 5 nitrogen and oxygen atoms in total. The zero-order valence-electron chi connectivity index (χ0n) is 15.0. The number of aryl methyl sites for hydroxylation is 1. The van der Waals surface area contributed by atoms with Crippen molar-refractivity contribution < 1.29 is 14.7 Å². The van der Waals surface area contributed by atoms with E-state index in [1.807, 2.05) is 41.3 Å². The lowest BCUT2D eigenvalue weighted by Crippen LogP contribution is -2.48. The number of ketones is 1. The lowest BCUT2D eigenvalue weighted by molar-refractivity contribution is -0.131. The molecule has 26 heavy (non-hydrogen) atoms. The van der Waals surface area contributed by atoms with Gasteiger partial charge in [-0.1, -0.05) is 30.3 Å². The van der Waals surface area contributed by atoms with Crippen LogP contribution in [0.25, 0.3) is 0 Å². The zero-order valence-corrected chi connectivity index (χ0v) is 15.0. The molecule has 1 amide bonds. The van der Waals surface area contributed by atoms with Gasteiger partial charge in [0.25, 0.3) is 0 Å². The highest BCUT2D eigenvalue weighted by Crippen LogP contribution is 2.21. The average molecular weight is 352 g/mol. The number of phenolic OH excluding ortho intramolecular Hbond substituents is 1. The number of piperazine rings is 1. The molecule has 0 bridgehead atoms. The van der Waals surface area contributed by atoms with Gasteiger partial charge in [-0.3, -0.25) is 9.59 Å². The number of nitrogens with zero attached hydrogens (tertiary/aromatic N) is 2. The second-order valence-corrected chi connectivity index (χ2v) is 6.64. The summed E-state index contributed by atoms with van der Waals surface area (Å²) < 4.78 is 0. The predicted molar refractivity (Wildman–Crippen MR) is 102 cm³/mol. The number of benzene rings is 2. The maximum atomic E-state index is 12.5. The van der Waals surface area contributed by atoms with Gasteiger partial charge in [0.1, 0.15) is 5.75 Å². The maximum absolute atomic E-state index is 12.5. The van der Waals surface area contributed by atoms with Gasteiger partial charge >= 0.3 is 0 Å². The first-order valence-electron chi connectivity index (χ1n) is 8.94. The average Bonchev–Trinajstić information content (AvgIpc) is 2.66. The van der Waals surface area contributed by atoms with E-state index in [4.69, 9.17) is 0 Å². The molecule has 0 unspecified atom stereocenters. The second-order valence-electron chi connectivity index (χ2n) is 6.64. The minimum atomic E-state index is 0.0530. The highest BCUT2D eigenvalue weighted by atomic mass is 16.3. The van der Waals surface area contributed by atoms with Crippen LogP contribution in [0.4, 0.5) is 5.69 Å². The predicted octanol–water partition coefficient (Wildman–Crippen LogP) is 2.88. The summed E-state index contributed by atoms with van der Waals surface area (Å²) >= 11 is 0. The Morgan fingerprint density at radius 1 is 1.00 bits per heavy atom. The van der Waals surface area contributed by atoms with Crippen molar-refractivity contribution in [1.29, 1.82) is 0 Å². The third-order valence-corrected chi connectivity index (χ3v) is 4.82. The summed E-state index contributed by atoms with van der Waals surface area (Å²) in [6.07, 6.45) is 1.16. The molecule has 0 aliphatic carbocycles. The number of Topliss-reactive ketones (excluding diaryl/α,β-unsaturated/α-hetero) is 1. The minimum absolute atomic E-state index is 0.0530. The number of aromatic hydroxyl groups is 1. The Balaban J connectivity index is 1.48. The Bertz CT molecular complexity index is 778. The maximum Gasteiger partial charge on any atom is 0.223 e. The molecule has 0 radical (unpaired) electrons. The fourth-order valence-electron chi connectivity index (χ4n) is 3.22. The van der Waals surface area contributed by atoms with Crippen LogP contribution in [0, 0.1) is 0 Å². The fraction of sp³-hybridized carbons (Fsp3) is 0.333. The largest absolute Gasteiger partial charge is 0.508 e. The fourth-order valence-corrected chi connectivity index (χ4v) is 3.22. The molecule has 136 valence electrons. The van der Waals surface area contributed by atoms with E-state index in [1.165, 1.54) is 0 Å². The number of hydrogen-bond donors (Lipinski definition) is 1. The molecule has 1 aliphatic rings. The Labute approximate surface area is 153 Å². The first kappa shape index (κ1) is 18.0. The molecule has 3 rings (SSSR count). The summed E-state index contributed by atoms with van der Waals surface area (Å²) in [5.41, 5.74) is 2.76. The van der Waals surface area contributed by atoms with Crippen molar-refractivity contribution in [2.45, 2.75) is 19.8 Å². The topological polar surface area (TPSA) is 60.9 Å². The highest BCUT2D eigenvalue weighted by molar-refractivity contribution is 5.94. The number of carbonyl (C=O) groups is 2. The molecule has 0 saturated carbocycles. The van der Waals surface area contributed by atoms with E-state index in [9.17, 15) is 14.7 Å². The summed E-state index contributed by atoms with van der Waals surface area (Å²) in [6.45, 7) is 4.47. The Kier molecular flexibility index (Phi) is 5.56. The SMILES string of the molecule is CC(=O)c1ccc(CCC(=O)N2CCN(c3cccc(O)c3)CC2)cc1. The number of carbonyl (C=O) groups excluding carboxylic acids is 2. The van der Waals surface area contributed by atoms with E-state index in [2.05, 4.69) is 4.90 Å². The summed E-state index contributed by atoms with van der Waals surface area (Å²) in [7, 11) is 0. The first-order valence-corrected chi connectivity index (χ1v) is 8.94. The van der Waals surface area contributed by atoms with Crippen molar-refractivity contribution in [2.75, 3.05) is 31.1 Å². The van der Waals surface area contributed by atoms with Gasteiger partial charge in [-0.05, 0) is 31.0 Å². The Morgan fingerprint density at radius 3 is 2.31 bits per heavy atom. The lowest BCUT2D eigenvalue weighted by atomic mass is 10.1. The summed E-state index contributed by atoms with van der Waals surface area (Å²) in [6, 6.07) is 14.7. The number of anilines is 1. The highest BCUT2D eigenvalue weighted by Gasteiger charge is 2.21. The van der Waals surface area contributed by atoms with Crippen LogP contribution in [0.2, 0.25) is 0 Å². The number of hydrogen-bond acceptors (Lipinski definition) is 4. The van der Waals surface area contributed by atoms with E-state index in [1.54, 1.807) is 19.1 Å². The monoisotopic (exact) mass is 352 g/mol. The standard InChI is InChI=1S/C21H24N2O3/c1-16(24)18-8-5-17(6-9-18)7-10-21(26)23-13-11-22(12-14-23)19-3-2-4-20(25)15-19/h2-6,8-9,15,25H,7,10-14H2,1H3. The van der Waals surface area contributed by atoms with Crippen molar-refractivity contribution in [2.24, 2.45) is 0 Å². The molecule has 1 aliphatic heterocycles. The Morgan fingerprint density at radius 2 is 1.69 bits per heavy atom. The van der Waals surface area contributed by atoms with Crippen LogP contribution in [0.3, 0.4) is 0 Å². The normalized spacial score (nSPS) is 14.3. The van der Waals surface area contributed by atoms with Crippen LogP contribution in [-0.2, 0) is 11.2 Å². The second kappa shape index (κ2) is 8.04. The van der Waals surface area contributed by atoms with Gasteiger partial charge in [0.2, 0.25) is 5.91 Å². The van der Waals surface area contributed by atoms with Gasteiger partial charge < -0.3 is 14.9 Å². The van der Waals surface area contributed by atoms with Crippen LogP contribution in [0.1, 0.15) is 29.3 Å². The molecule has 0 aromatic heterocycles. The Hall–Kier alpha value is -2.82. The van der Waals surface area contributed by atoms with E-state index >= 15 is 0 Å². The van der Waals surface area contributed by atoms with Crippen LogP contribution in [0.5, 0.6) is 5.75 Å². The number of rotatable bonds is 5. The molecule has 0 atom stereocenters. The van der Waals surface area contributed by atoms with Gasteiger partial charge in [-0.2, -0.15) is 0 Å². The minimum Gasteiger partial charge on any atom is -0.508 e. The summed E-state index contributed by atoms with van der Waals surface area (Å²) in [5, 5.41) is 9.60. The van der Waals surface area contributed by atoms with Crippen molar-refractivity contribution >= 4 is 17.4 Å². The van der Waals surface area contributed by atoms with E-state index in [0.717, 1.165) is 24.3 Å². The molecule has 1 fully saturated rings. The third-order valence-electron chi connectivity index (χ3n) is 4.82. The van der Waals surface area contributed by atoms with Crippen molar-refractivity contribution in [3.05, 3.63) is 59.7 Å². The smallest absolute Gasteiger partial charge is 0.223 e. The first-order chi connectivity index (χ1) is 12.5. The van der Waals surface area contributed by atoms with Gasteiger partial charge in [0.05, 0.1) is 0 Å².